The Hall–Kier alpha value is -1.01. The van der Waals surface area contributed by atoms with Crippen LogP contribution in [0.2, 0.25) is 5.02 Å². The molecule has 0 aliphatic rings. The quantitative estimate of drug-likeness (QED) is 0.345. The number of hydrogen-bond acceptors (Lipinski definition) is 6. The van der Waals surface area contributed by atoms with Crippen LogP contribution in [0, 0.1) is 0 Å². The minimum atomic E-state index is -3.89. The van der Waals surface area contributed by atoms with Crippen LogP contribution in [0.15, 0.2) is 58.3 Å². The second kappa shape index (κ2) is 11.0. The van der Waals surface area contributed by atoms with Crippen LogP contribution >= 0.6 is 27.5 Å². The molecule has 0 aliphatic heterocycles. The van der Waals surface area contributed by atoms with Gasteiger partial charge in [0.1, 0.15) is 0 Å². The number of rotatable bonds is 11. The number of sulfonamides is 1. The molecule has 0 radical (unpaired) electrons. The minimum Gasteiger partial charge on any atom is -0.303 e. The summed E-state index contributed by atoms with van der Waals surface area (Å²) < 4.78 is 50.1. The fourth-order valence-electron chi connectivity index (χ4n) is 2.62. The molecule has 2 rings (SSSR count). The zero-order valence-electron chi connectivity index (χ0n) is 16.6. The van der Waals surface area contributed by atoms with Crippen molar-refractivity contribution in [1.82, 2.24) is 9.79 Å². The number of hydrogen-bond donors (Lipinski definition) is 1. The largest absolute Gasteiger partial charge is 0.303 e. The van der Waals surface area contributed by atoms with E-state index in [1.165, 1.54) is 30.3 Å². The summed E-state index contributed by atoms with van der Waals surface area (Å²) in [6.07, 6.45) is 0. The van der Waals surface area contributed by atoms with Crippen molar-refractivity contribution in [2.75, 3.05) is 25.4 Å². The number of halogens is 2. The fraction of sp³-hybridized carbons (Fsp3) is 0.368. The molecule has 2 aromatic carbocycles. The van der Waals surface area contributed by atoms with E-state index in [2.05, 4.69) is 15.9 Å². The highest BCUT2D eigenvalue weighted by atomic mass is 79.9. The van der Waals surface area contributed by atoms with E-state index < -0.39 is 24.9 Å². The van der Waals surface area contributed by atoms with Crippen LogP contribution in [0.5, 0.6) is 0 Å². The molecule has 166 valence electrons. The van der Waals surface area contributed by atoms with Gasteiger partial charge in [0, 0.05) is 11.6 Å². The van der Waals surface area contributed by atoms with Gasteiger partial charge in [0.2, 0.25) is 0 Å². The SMILES string of the molecule is CCN(CC)CCS(=O)(=O)c1cc(Cl)cc(C(Br)ONS(=O)(=O)c2ccccc2)c1. The standard InChI is InChI=1S/C19H24BrClN2O5S2/c1-3-23(4-2)10-11-29(24,25)18-13-15(12-16(21)14-18)19(20)28-22-30(26,27)17-8-6-5-7-9-17/h5-9,12-14,19,22H,3-4,10-11H2,1-2H3. The highest BCUT2D eigenvalue weighted by Crippen LogP contribution is 2.29. The molecule has 0 aromatic heterocycles. The van der Waals surface area contributed by atoms with Gasteiger partial charge in [-0.25, -0.2) is 16.8 Å². The number of benzene rings is 2. The van der Waals surface area contributed by atoms with Gasteiger partial charge in [-0.3, -0.25) is 4.84 Å². The van der Waals surface area contributed by atoms with Gasteiger partial charge >= 0.3 is 0 Å². The molecule has 0 saturated carbocycles. The molecule has 0 aliphatic carbocycles. The van der Waals surface area contributed by atoms with Crippen LogP contribution in [-0.2, 0) is 24.7 Å². The monoisotopic (exact) mass is 538 g/mol. The van der Waals surface area contributed by atoms with Crippen molar-refractivity contribution in [3.8, 4) is 0 Å². The van der Waals surface area contributed by atoms with Crippen LogP contribution in [-0.4, -0.2) is 47.1 Å². The maximum absolute atomic E-state index is 12.7. The summed E-state index contributed by atoms with van der Waals surface area (Å²) in [5, 5.41) is -0.751. The molecule has 30 heavy (non-hydrogen) atoms. The molecule has 1 atom stereocenters. The first-order valence-electron chi connectivity index (χ1n) is 9.21. The van der Waals surface area contributed by atoms with Crippen LogP contribution in [0.25, 0.3) is 0 Å². The van der Waals surface area contributed by atoms with Crippen molar-refractivity contribution in [2.45, 2.75) is 28.7 Å². The van der Waals surface area contributed by atoms with Crippen molar-refractivity contribution < 1.29 is 21.7 Å². The highest BCUT2D eigenvalue weighted by molar-refractivity contribution is 9.09. The first-order valence-corrected chi connectivity index (χ1v) is 13.6. The summed E-state index contributed by atoms with van der Waals surface area (Å²) in [4.78, 5) is 9.35. The van der Waals surface area contributed by atoms with E-state index in [0.717, 1.165) is 13.1 Å². The molecule has 0 fully saturated rings. The van der Waals surface area contributed by atoms with Crippen molar-refractivity contribution in [1.29, 1.82) is 0 Å². The van der Waals surface area contributed by atoms with Crippen LogP contribution in [0.3, 0.4) is 0 Å². The molecule has 2 aromatic rings. The Balaban J connectivity index is 2.15. The Bertz CT molecular complexity index is 1050. The third kappa shape index (κ3) is 7.01. The predicted molar refractivity (Wildman–Crippen MR) is 121 cm³/mol. The van der Waals surface area contributed by atoms with Gasteiger partial charge in [-0.1, -0.05) is 64.5 Å². The van der Waals surface area contributed by atoms with E-state index >= 15 is 0 Å². The van der Waals surface area contributed by atoms with E-state index in [1.54, 1.807) is 18.2 Å². The third-order valence-electron chi connectivity index (χ3n) is 4.40. The van der Waals surface area contributed by atoms with Crippen LogP contribution in [0.4, 0.5) is 0 Å². The zero-order valence-corrected chi connectivity index (χ0v) is 20.6. The Labute approximate surface area is 191 Å². The average molecular weight is 540 g/mol. The first-order chi connectivity index (χ1) is 14.1. The molecule has 0 heterocycles. The van der Waals surface area contributed by atoms with Crippen molar-refractivity contribution in [2.24, 2.45) is 0 Å². The Morgan fingerprint density at radius 2 is 1.67 bits per heavy atom. The lowest BCUT2D eigenvalue weighted by molar-refractivity contribution is 0.0766. The number of alkyl halides is 1. The van der Waals surface area contributed by atoms with E-state index in [0.29, 0.717) is 12.1 Å². The van der Waals surface area contributed by atoms with E-state index in [-0.39, 0.29) is 20.6 Å². The summed E-state index contributed by atoms with van der Waals surface area (Å²) in [5.74, 6) is -0.0527. The van der Waals surface area contributed by atoms with Crippen molar-refractivity contribution >= 4 is 47.4 Å². The lowest BCUT2D eigenvalue weighted by Gasteiger charge is -2.18. The number of nitrogens with one attached hydrogen (secondary N) is 1. The Morgan fingerprint density at radius 3 is 2.27 bits per heavy atom. The van der Waals surface area contributed by atoms with Crippen LogP contribution in [0.1, 0.15) is 24.4 Å². The molecule has 1 N–H and O–H groups in total. The lowest BCUT2D eigenvalue weighted by atomic mass is 10.2. The molecule has 0 spiro atoms. The highest BCUT2D eigenvalue weighted by Gasteiger charge is 2.21. The van der Waals surface area contributed by atoms with Crippen molar-refractivity contribution in [3.05, 3.63) is 59.1 Å². The minimum absolute atomic E-state index is 0.0375. The number of sulfone groups is 1. The second-order valence-electron chi connectivity index (χ2n) is 6.40. The molecule has 1 unspecified atom stereocenters. The van der Waals surface area contributed by atoms with Gasteiger partial charge in [-0.05, 0) is 49.0 Å². The number of nitrogens with zero attached hydrogens (tertiary/aromatic N) is 1. The first kappa shape index (κ1) is 25.3. The predicted octanol–water partition coefficient (Wildman–Crippen LogP) is 3.76. The van der Waals surface area contributed by atoms with Gasteiger partial charge in [-0.15, -0.1) is 0 Å². The molecule has 0 amide bonds. The maximum Gasteiger partial charge on any atom is 0.262 e. The summed E-state index contributed by atoms with van der Waals surface area (Å²) in [7, 11) is -7.48. The fourth-order valence-corrected chi connectivity index (χ4v) is 5.60. The van der Waals surface area contributed by atoms with Gasteiger partial charge in [0.05, 0.1) is 15.5 Å². The third-order valence-corrected chi connectivity index (χ3v) is 8.22. The summed E-state index contributed by atoms with van der Waals surface area (Å²) in [6.45, 7) is 5.85. The van der Waals surface area contributed by atoms with E-state index in [9.17, 15) is 16.8 Å². The Morgan fingerprint density at radius 1 is 1.03 bits per heavy atom. The lowest BCUT2D eigenvalue weighted by Crippen LogP contribution is -2.29. The Kier molecular flexibility index (Phi) is 9.29. The zero-order chi connectivity index (χ0) is 22.4. The topological polar surface area (TPSA) is 92.8 Å². The molecular weight excluding hydrogens is 516 g/mol. The van der Waals surface area contributed by atoms with Crippen LogP contribution < -0.4 is 4.89 Å². The average Bonchev–Trinajstić information content (AvgIpc) is 2.73. The van der Waals surface area contributed by atoms with Gasteiger partial charge in [0.15, 0.2) is 14.9 Å². The summed E-state index contributed by atoms with van der Waals surface area (Å²) in [6, 6.07) is 12.0. The van der Waals surface area contributed by atoms with E-state index in [4.69, 9.17) is 16.4 Å². The molecule has 7 nitrogen and oxygen atoms in total. The van der Waals surface area contributed by atoms with Gasteiger partial charge < -0.3 is 4.90 Å². The van der Waals surface area contributed by atoms with Crippen molar-refractivity contribution in [3.63, 3.8) is 0 Å². The normalized spacial score (nSPS) is 13.5. The molecular formula is C19H24BrClN2O5S2. The van der Waals surface area contributed by atoms with E-state index in [1.807, 2.05) is 23.6 Å². The smallest absolute Gasteiger partial charge is 0.262 e. The van der Waals surface area contributed by atoms with Gasteiger partial charge in [0.25, 0.3) is 10.0 Å². The summed E-state index contributed by atoms with van der Waals surface area (Å²) >= 11 is 9.33. The molecule has 11 heteroatoms. The second-order valence-corrected chi connectivity index (χ2v) is 11.4. The molecule has 0 saturated heterocycles. The molecule has 0 bridgehead atoms. The van der Waals surface area contributed by atoms with Gasteiger partial charge in [-0.2, -0.15) is 0 Å². The maximum atomic E-state index is 12.7. The summed E-state index contributed by atoms with van der Waals surface area (Å²) in [5.41, 5.74) is 0.361.